The molecule has 3 nitrogen and oxygen atoms in total. The molecule has 0 amide bonds. The van der Waals surface area contributed by atoms with Gasteiger partial charge in [0, 0.05) is 38.8 Å². The van der Waals surface area contributed by atoms with Crippen molar-refractivity contribution in [1.82, 2.24) is 9.80 Å². The lowest BCUT2D eigenvalue weighted by Crippen LogP contribution is -2.50. The van der Waals surface area contributed by atoms with Crippen LogP contribution < -0.4 is 4.74 Å². The molecule has 0 radical (unpaired) electrons. The van der Waals surface area contributed by atoms with Crippen LogP contribution in [0.5, 0.6) is 5.75 Å². The van der Waals surface area contributed by atoms with Crippen LogP contribution >= 0.6 is 0 Å². The fourth-order valence-corrected chi connectivity index (χ4v) is 4.56. The monoisotopic (exact) mass is 364 g/mol. The Labute approximate surface area is 163 Å². The van der Waals surface area contributed by atoms with Crippen LogP contribution in [0.3, 0.4) is 0 Å². The van der Waals surface area contributed by atoms with Gasteiger partial charge in [-0.1, -0.05) is 61.9 Å². The molecule has 3 heteroatoms. The van der Waals surface area contributed by atoms with Gasteiger partial charge in [-0.3, -0.25) is 9.80 Å². The van der Waals surface area contributed by atoms with Gasteiger partial charge in [-0.15, -0.1) is 0 Å². The zero-order valence-electron chi connectivity index (χ0n) is 16.5. The van der Waals surface area contributed by atoms with Crippen LogP contribution in [0.1, 0.15) is 43.4 Å². The average molecular weight is 365 g/mol. The SMILES string of the molecule is CCCC(c1ccccc1)N1CCN(CC2CCc3ccccc3O2)CC1. The highest BCUT2D eigenvalue weighted by atomic mass is 16.5. The van der Waals surface area contributed by atoms with Gasteiger partial charge in [0.15, 0.2) is 0 Å². The molecule has 2 unspecified atom stereocenters. The standard InChI is InChI=1S/C24H32N2O/c1-2-8-23(20-9-4-3-5-10-20)26-17-15-25(16-18-26)19-22-14-13-21-11-6-7-12-24(21)27-22/h3-7,9-12,22-23H,2,8,13-19H2,1H3. The molecule has 2 aromatic carbocycles. The summed E-state index contributed by atoms with van der Waals surface area (Å²) < 4.78 is 6.26. The van der Waals surface area contributed by atoms with Gasteiger partial charge >= 0.3 is 0 Å². The average Bonchev–Trinajstić information content (AvgIpc) is 2.73. The van der Waals surface area contributed by atoms with Crippen molar-refractivity contribution in [3.8, 4) is 5.75 Å². The van der Waals surface area contributed by atoms with Crippen molar-refractivity contribution < 1.29 is 4.74 Å². The molecular weight excluding hydrogens is 332 g/mol. The van der Waals surface area contributed by atoms with Gasteiger partial charge < -0.3 is 4.74 Å². The molecule has 2 aliphatic rings. The van der Waals surface area contributed by atoms with E-state index in [4.69, 9.17) is 4.74 Å². The summed E-state index contributed by atoms with van der Waals surface area (Å²) >= 11 is 0. The van der Waals surface area contributed by atoms with Gasteiger partial charge in [-0.05, 0) is 36.5 Å². The molecule has 2 aliphatic heterocycles. The maximum Gasteiger partial charge on any atom is 0.122 e. The van der Waals surface area contributed by atoms with E-state index in [-0.39, 0.29) is 0 Å². The minimum absolute atomic E-state index is 0.340. The van der Waals surface area contributed by atoms with Gasteiger partial charge in [0.2, 0.25) is 0 Å². The van der Waals surface area contributed by atoms with Gasteiger partial charge in [-0.25, -0.2) is 0 Å². The summed E-state index contributed by atoms with van der Waals surface area (Å²) in [5.41, 5.74) is 2.84. The van der Waals surface area contributed by atoms with Crippen molar-refractivity contribution in [1.29, 1.82) is 0 Å². The first kappa shape index (κ1) is 18.5. The molecule has 2 aromatic rings. The minimum Gasteiger partial charge on any atom is -0.489 e. The number of benzene rings is 2. The number of aryl methyl sites for hydroxylation is 1. The Morgan fingerprint density at radius 1 is 0.963 bits per heavy atom. The molecule has 0 saturated carbocycles. The molecule has 2 atom stereocenters. The molecule has 144 valence electrons. The van der Waals surface area contributed by atoms with E-state index in [1.54, 1.807) is 0 Å². The number of piperazine rings is 1. The largest absolute Gasteiger partial charge is 0.489 e. The highest BCUT2D eigenvalue weighted by Gasteiger charge is 2.27. The number of fused-ring (bicyclic) bond motifs is 1. The van der Waals surface area contributed by atoms with E-state index in [2.05, 4.69) is 71.3 Å². The number of rotatable bonds is 6. The molecule has 0 N–H and O–H groups in total. The third kappa shape index (κ3) is 4.53. The molecule has 0 bridgehead atoms. The van der Waals surface area contributed by atoms with Crippen LogP contribution in [0, 0.1) is 0 Å². The van der Waals surface area contributed by atoms with Crippen molar-refractivity contribution in [2.24, 2.45) is 0 Å². The van der Waals surface area contributed by atoms with Crippen LogP contribution in [0.2, 0.25) is 0 Å². The zero-order chi connectivity index (χ0) is 18.5. The minimum atomic E-state index is 0.340. The first-order chi connectivity index (χ1) is 13.3. The highest BCUT2D eigenvalue weighted by molar-refractivity contribution is 5.35. The lowest BCUT2D eigenvalue weighted by molar-refractivity contribution is 0.0555. The molecule has 27 heavy (non-hydrogen) atoms. The maximum absolute atomic E-state index is 6.26. The van der Waals surface area contributed by atoms with Gasteiger partial charge in [0.05, 0.1) is 0 Å². The van der Waals surface area contributed by atoms with Crippen LogP contribution in [0.15, 0.2) is 54.6 Å². The first-order valence-electron chi connectivity index (χ1n) is 10.6. The van der Waals surface area contributed by atoms with E-state index in [1.807, 2.05) is 0 Å². The number of nitrogens with zero attached hydrogens (tertiary/aromatic N) is 2. The fraction of sp³-hybridized carbons (Fsp3) is 0.500. The number of hydrogen-bond acceptors (Lipinski definition) is 3. The summed E-state index contributed by atoms with van der Waals surface area (Å²) in [4.78, 5) is 5.29. The second kappa shape index (κ2) is 8.90. The van der Waals surface area contributed by atoms with Crippen LogP contribution in [0.25, 0.3) is 0 Å². The second-order valence-corrected chi connectivity index (χ2v) is 7.94. The van der Waals surface area contributed by atoms with Gasteiger partial charge in [0.1, 0.15) is 11.9 Å². The predicted molar refractivity (Wildman–Crippen MR) is 111 cm³/mol. The van der Waals surface area contributed by atoms with Crippen molar-refractivity contribution in [2.45, 2.75) is 44.8 Å². The van der Waals surface area contributed by atoms with Crippen molar-refractivity contribution in [3.63, 3.8) is 0 Å². The molecule has 0 aromatic heterocycles. The number of ether oxygens (including phenoxy) is 1. The lowest BCUT2D eigenvalue weighted by atomic mass is 9.99. The third-order valence-electron chi connectivity index (χ3n) is 6.06. The molecule has 0 spiro atoms. The Bertz CT molecular complexity index is 709. The third-order valence-corrected chi connectivity index (χ3v) is 6.06. The predicted octanol–water partition coefficient (Wildman–Crippen LogP) is 4.54. The topological polar surface area (TPSA) is 15.7 Å². The summed E-state index contributed by atoms with van der Waals surface area (Å²) in [6.07, 6.45) is 5.10. The second-order valence-electron chi connectivity index (χ2n) is 7.94. The molecular formula is C24H32N2O. The normalized spacial score (nSPS) is 22.0. The summed E-state index contributed by atoms with van der Waals surface area (Å²) in [7, 11) is 0. The van der Waals surface area contributed by atoms with Crippen LogP contribution in [-0.2, 0) is 6.42 Å². The van der Waals surface area contributed by atoms with Crippen molar-refractivity contribution in [2.75, 3.05) is 32.7 Å². The van der Waals surface area contributed by atoms with Crippen molar-refractivity contribution in [3.05, 3.63) is 65.7 Å². The number of para-hydroxylation sites is 1. The van der Waals surface area contributed by atoms with Crippen LogP contribution in [0.4, 0.5) is 0 Å². The van der Waals surface area contributed by atoms with Crippen molar-refractivity contribution >= 4 is 0 Å². The molecule has 1 fully saturated rings. The van der Waals surface area contributed by atoms with Crippen LogP contribution in [-0.4, -0.2) is 48.6 Å². The zero-order valence-corrected chi connectivity index (χ0v) is 16.5. The molecule has 1 saturated heterocycles. The van der Waals surface area contributed by atoms with E-state index < -0.39 is 0 Å². The molecule has 2 heterocycles. The van der Waals surface area contributed by atoms with E-state index in [9.17, 15) is 0 Å². The Morgan fingerprint density at radius 3 is 2.48 bits per heavy atom. The molecule has 4 rings (SSSR count). The summed E-state index contributed by atoms with van der Waals surface area (Å²) in [5.74, 6) is 1.10. The highest BCUT2D eigenvalue weighted by Crippen LogP contribution is 2.29. The Balaban J connectivity index is 1.31. The van der Waals surface area contributed by atoms with E-state index in [0.717, 1.165) is 51.3 Å². The van der Waals surface area contributed by atoms with E-state index >= 15 is 0 Å². The summed E-state index contributed by atoms with van der Waals surface area (Å²) in [6, 6.07) is 20.1. The quantitative estimate of drug-likeness (QED) is 0.748. The lowest BCUT2D eigenvalue weighted by Gasteiger charge is -2.41. The Kier molecular flexibility index (Phi) is 6.10. The van der Waals surface area contributed by atoms with E-state index in [1.165, 1.54) is 24.0 Å². The van der Waals surface area contributed by atoms with Gasteiger partial charge in [0.25, 0.3) is 0 Å². The van der Waals surface area contributed by atoms with E-state index in [0.29, 0.717) is 12.1 Å². The maximum atomic E-state index is 6.26. The first-order valence-corrected chi connectivity index (χ1v) is 10.6. The summed E-state index contributed by atoms with van der Waals surface area (Å²) in [5, 5.41) is 0. The molecule has 0 aliphatic carbocycles. The Morgan fingerprint density at radius 2 is 1.70 bits per heavy atom. The van der Waals surface area contributed by atoms with Gasteiger partial charge in [-0.2, -0.15) is 0 Å². The number of hydrogen-bond donors (Lipinski definition) is 0. The smallest absolute Gasteiger partial charge is 0.122 e. The Hall–Kier alpha value is -1.84. The summed E-state index contributed by atoms with van der Waals surface area (Å²) in [6.45, 7) is 7.96. The fourth-order valence-electron chi connectivity index (χ4n) is 4.56.